The van der Waals surface area contributed by atoms with Gasteiger partial charge in [-0.3, -0.25) is 10.1 Å². The van der Waals surface area contributed by atoms with Gasteiger partial charge >= 0.3 is 6.03 Å². The minimum atomic E-state index is -0.533. The summed E-state index contributed by atoms with van der Waals surface area (Å²) in [4.78, 5) is 34.5. The average Bonchev–Trinajstić information content (AvgIpc) is 3.00. The van der Waals surface area contributed by atoms with E-state index >= 15 is 0 Å². The highest BCUT2D eigenvalue weighted by Gasteiger charge is 2.49. The van der Waals surface area contributed by atoms with Crippen molar-refractivity contribution in [1.29, 1.82) is 0 Å². The van der Waals surface area contributed by atoms with Crippen molar-refractivity contribution < 1.29 is 9.59 Å². The summed E-state index contributed by atoms with van der Waals surface area (Å²) < 4.78 is 0. The number of benzene rings is 2. The first-order chi connectivity index (χ1) is 12.5. The summed E-state index contributed by atoms with van der Waals surface area (Å²) in [6, 6.07) is 13.4. The minimum absolute atomic E-state index is 0.307. The number of fused-ring (bicyclic) bond motifs is 2. The van der Waals surface area contributed by atoms with Crippen LogP contribution in [-0.4, -0.2) is 65.9 Å². The highest BCUT2D eigenvalue weighted by molar-refractivity contribution is 6.03. The highest BCUT2D eigenvalue weighted by Crippen LogP contribution is 2.28. The lowest BCUT2D eigenvalue weighted by molar-refractivity contribution is -0.127. The second-order valence-corrected chi connectivity index (χ2v) is 6.85. The molecule has 2 aliphatic heterocycles. The van der Waals surface area contributed by atoms with E-state index in [2.05, 4.69) is 34.6 Å². The van der Waals surface area contributed by atoms with Crippen molar-refractivity contribution in [3.05, 3.63) is 48.0 Å². The molecule has 2 atom stereocenters. The second kappa shape index (κ2) is 6.01. The Balaban J connectivity index is 1.75. The lowest BCUT2D eigenvalue weighted by atomic mass is 10.0. The fraction of sp³-hybridized carbons (Fsp3) is 0.316. The standard InChI is InChI=1S/C19H21N5O2/c1-22(2)18-20-16-15(17(25)21-19(26)23(16)3)24(18)11-13-9-6-8-12-7-4-5-10-14(12)13/h4-10,15-16H,11H2,1-3H3,(H,21,25,26). The summed E-state index contributed by atoms with van der Waals surface area (Å²) in [6.07, 6.45) is -0.511. The van der Waals surface area contributed by atoms with Gasteiger partial charge in [-0.2, -0.15) is 0 Å². The van der Waals surface area contributed by atoms with Crippen molar-refractivity contribution >= 4 is 28.7 Å². The number of aliphatic imine (C=N–C) groups is 1. The van der Waals surface area contributed by atoms with Crippen molar-refractivity contribution in [2.24, 2.45) is 4.99 Å². The third kappa shape index (κ3) is 2.47. The first-order valence-electron chi connectivity index (χ1n) is 8.53. The van der Waals surface area contributed by atoms with Gasteiger partial charge in [0.2, 0.25) is 0 Å². The number of nitrogens with zero attached hydrogens (tertiary/aromatic N) is 4. The Morgan fingerprint density at radius 1 is 1.12 bits per heavy atom. The number of urea groups is 1. The fourth-order valence-corrected chi connectivity index (χ4v) is 3.67. The van der Waals surface area contributed by atoms with E-state index < -0.39 is 18.2 Å². The summed E-state index contributed by atoms with van der Waals surface area (Å²) in [5.41, 5.74) is 1.12. The summed E-state index contributed by atoms with van der Waals surface area (Å²) in [7, 11) is 5.45. The molecule has 2 aliphatic rings. The Morgan fingerprint density at radius 2 is 1.85 bits per heavy atom. The molecular weight excluding hydrogens is 330 g/mol. The monoisotopic (exact) mass is 351 g/mol. The molecule has 2 aromatic rings. The maximum absolute atomic E-state index is 12.6. The third-order valence-electron chi connectivity index (χ3n) is 4.96. The summed E-state index contributed by atoms with van der Waals surface area (Å²) in [6.45, 7) is 0.537. The van der Waals surface area contributed by atoms with E-state index in [-0.39, 0.29) is 5.91 Å². The van der Waals surface area contributed by atoms with Crippen molar-refractivity contribution in [3.63, 3.8) is 0 Å². The Kier molecular flexibility index (Phi) is 3.79. The largest absolute Gasteiger partial charge is 0.349 e. The highest BCUT2D eigenvalue weighted by atomic mass is 16.2. The molecule has 0 aromatic heterocycles. The molecule has 2 aromatic carbocycles. The number of carbonyl (C=O) groups excluding carboxylic acids is 2. The second-order valence-electron chi connectivity index (χ2n) is 6.85. The van der Waals surface area contributed by atoms with Gasteiger partial charge in [0.25, 0.3) is 5.91 Å². The summed E-state index contributed by atoms with van der Waals surface area (Å²) in [5, 5.41) is 4.73. The Bertz CT molecular complexity index is 918. The molecule has 0 spiro atoms. The normalized spacial score (nSPS) is 22.3. The molecule has 7 heteroatoms. The van der Waals surface area contributed by atoms with Crippen molar-refractivity contribution in [3.8, 4) is 0 Å². The summed E-state index contributed by atoms with van der Waals surface area (Å²) in [5.74, 6) is 0.392. The molecule has 0 saturated carbocycles. The Morgan fingerprint density at radius 3 is 2.62 bits per heavy atom. The number of amides is 3. The van der Waals surface area contributed by atoms with Gasteiger partial charge in [-0.05, 0) is 16.3 Å². The van der Waals surface area contributed by atoms with Crippen molar-refractivity contribution in [2.75, 3.05) is 21.1 Å². The molecule has 134 valence electrons. The van der Waals surface area contributed by atoms with E-state index in [1.807, 2.05) is 42.1 Å². The maximum Gasteiger partial charge on any atom is 0.325 e. The molecule has 2 unspecified atom stereocenters. The predicted octanol–water partition coefficient (Wildman–Crippen LogP) is 1.45. The molecule has 26 heavy (non-hydrogen) atoms. The fourth-order valence-electron chi connectivity index (χ4n) is 3.67. The maximum atomic E-state index is 12.6. The van der Waals surface area contributed by atoms with E-state index in [9.17, 15) is 9.59 Å². The van der Waals surface area contributed by atoms with Gasteiger partial charge in [-0.15, -0.1) is 0 Å². The van der Waals surface area contributed by atoms with Gasteiger partial charge < -0.3 is 14.7 Å². The van der Waals surface area contributed by atoms with Crippen LogP contribution < -0.4 is 5.32 Å². The molecule has 1 fully saturated rings. The average molecular weight is 351 g/mol. The number of hydrogen-bond acceptors (Lipinski definition) is 5. The van der Waals surface area contributed by atoms with Crippen LogP contribution in [-0.2, 0) is 11.3 Å². The van der Waals surface area contributed by atoms with Crippen LogP contribution in [0, 0.1) is 0 Å². The number of rotatable bonds is 2. The number of hydrogen-bond donors (Lipinski definition) is 1. The predicted molar refractivity (Wildman–Crippen MR) is 99.5 cm³/mol. The first kappa shape index (κ1) is 16.4. The number of carbonyl (C=O) groups is 2. The van der Waals surface area contributed by atoms with E-state index in [1.54, 1.807) is 7.05 Å². The van der Waals surface area contributed by atoms with Crippen LogP contribution in [0.3, 0.4) is 0 Å². The zero-order valence-corrected chi connectivity index (χ0v) is 15.0. The summed E-state index contributed by atoms with van der Waals surface area (Å²) >= 11 is 0. The van der Waals surface area contributed by atoms with E-state index in [0.29, 0.717) is 12.5 Å². The van der Waals surface area contributed by atoms with Gasteiger partial charge in [-0.1, -0.05) is 42.5 Å². The Labute approximate surface area is 151 Å². The minimum Gasteiger partial charge on any atom is -0.349 e. The van der Waals surface area contributed by atoms with Crippen LogP contribution in [0.25, 0.3) is 10.8 Å². The third-order valence-corrected chi connectivity index (χ3v) is 4.96. The smallest absolute Gasteiger partial charge is 0.325 e. The van der Waals surface area contributed by atoms with E-state index in [0.717, 1.165) is 16.3 Å². The van der Waals surface area contributed by atoms with Crippen molar-refractivity contribution in [2.45, 2.75) is 18.8 Å². The molecule has 3 amide bonds. The van der Waals surface area contributed by atoms with E-state index in [4.69, 9.17) is 0 Å². The molecule has 4 rings (SSSR count). The van der Waals surface area contributed by atoms with Gasteiger partial charge in [0.1, 0.15) is 0 Å². The molecule has 2 heterocycles. The van der Waals surface area contributed by atoms with Crippen molar-refractivity contribution in [1.82, 2.24) is 20.0 Å². The van der Waals surface area contributed by atoms with Crippen LogP contribution in [0.15, 0.2) is 47.5 Å². The molecule has 7 nitrogen and oxygen atoms in total. The van der Waals surface area contributed by atoms with Crippen LogP contribution in [0.1, 0.15) is 5.56 Å². The lowest BCUT2D eigenvalue weighted by Crippen LogP contribution is -2.63. The quantitative estimate of drug-likeness (QED) is 0.889. The zero-order valence-electron chi connectivity index (χ0n) is 15.0. The molecule has 0 aliphatic carbocycles. The van der Waals surface area contributed by atoms with Gasteiger partial charge in [0.05, 0.1) is 0 Å². The topological polar surface area (TPSA) is 68.2 Å². The number of imide groups is 1. The molecular formula is C19H21N5O2. The van der Waals surface area contributed by atoms with Crippen LogP contribution in [0.5, 0.6) is 0 Å². The number of likely N-dealkylation sites (N-methyl/N-ethyl adjacent to an activating group) is 1. The number of nitrogens with one attached hydrogen (secondary N) is 1. The van der Waals surface area contributed by atoms with Gasteiger partial charge in [0, 0.05) is 27.7 Å². The lowest BCUT2D eigenvalue weighted by Gasteiger charge is -2.37. The van der Waals surface area contributed by atoms with Gasteiger partial charge in [0.15, 0.2) is 18.2 Å². The molecule has 0 radical (unpaired) electrons. The molecule has 1 saturated heterocycles. The SMILES string of the molecule is CN(C)C1=NC2C(C(=O)NC(=O)N2C)N1Cc1cccc2ccccc12. The van der Waals surface area contributed by atoms with Crippen LogP contribution in [0.2, 0.25) is 0 Å². The number of guanidine groups is 1. The zero-order chi connectivity index (χ0) is 18.4. The molecule has 1 N–H and O–H groups in total. The van der Waals surface area contributed by atoms with Crippen LogP contribution in [0.4, 0.5) is 4.79 Å². The first-order valence-corrected chi connectivity index (χ1v) is 8.53. The van der Waals surface area contributed by atoms with E-state index in [1.165, 1.54) is 4.90 Å². The Hall–Kier alpha value is -3.09. The van der Waals surface area contributed by atoms with Gasteiger partial charge in [-0.25, -0.2) is 9.79 Å². The van der Waals surface area contributed by atoms with Crippen LogP contribution >= 0.6 is 0 Å². The molecule has 0 bridgehead atoms.